The van der Waals surface area contributed by atoms with E-state index in [9.17, 15) is 4.79 Å². The number of carbonyl (C=O) groups excluding carboxylic acids is 1. The van der Waals surface area contributed by atoms with E-state index in [0.29, 0.717) is 18.0 Å². The van der Waals surface area contributed by atoms with Crippen LogP contribution < -0.4 is 10.5 Å². The Balaban J connectivity index is 1.59. The molecule has 1 aromatic rings. The van der Waals surface area contributed by atoms with E-state index >= 15 is 0 Å². The molecule has 0 saturated carbocycles. The third-order valence-corrected chi connectivity index (χ3v) is 4.43. The van der Waals surface area contributed by atoms with Crippen LogP contribution in [-0.2, 0) is 4.79 Å². The van der Waals surface area contributed by atoms with Crippen LogP contribution in [0.5, 0.6) is 5.75 Å². The van der Waals surface area contributed by atoms with Crippen molar-refractivity contribution >= 4 is 11.7 Å². The van der Waals surface area contributed by atoms with Crippen molar-refractivity contribution in [1.82, 2.24) is 9.80 Å². The van der Waals surface area contributed by atoms with E-state index in [1.54, 1.807) is 6.07 Å². The van der Waals surface area contributed by atoms with Gasteiger partial charge in [-0.2, -0.15) is 0 Å². The van der Waals surface area contributed by atoms with Crippen LogP contribution in [0.2, 0.25) is 0 Å². The van der Waals surface area contributed by atoms with Gasteiger partial charge >= 0.3 is 5.97 Å². The van der Waals surface area contributed by atoms with Gasteiger partial charge in [0.1, 0.15) is 11.8 Å². The third kappa shape index (κ3) is 3.77. The first-order valence-corrected chi connectivity index (χ1v) is 8.17. The van der Waals surface area contributed by atoms with Crippen LogP contribution in [0, 0.1) is 0 Å². The van der Waals surface area contributed by atoms with Gasteiger partial charge in [0, 0.05) is 38.3 Å². The van der Waals surface area contributed by atoms with Crippen molar-refractivity contribution in [3.63, 3.8) is 0 Å². The first kappa shape index (κ1) is 16.1. The number of carbonyl (C=O) groups is 1. The standard InChI is InChI=1S/C17H24N4O2/c1-20-9-11-21(12-10-20)8-4-7-19-16-13-5-2-3-6-14(13)23-17(22)15(16)18/h2-3,5-6,15H,4,7-12,18H2,1H3. The maximum Gasteiger partial charge on any atom is 0.334 e. The Bertz CT molecular complexity index is 594. The molecular formula is C17H24N4O2. The first-order chi connectivity index (χ1) is 11.1. The van der Waals surface area contributed by atoms with Crippen LogP contribution in [0.1, 0.15) is 12.0 Å². The minimum atomic E-state index is -0.784. The molecule has 1 unspecified atom stereocenters. The summed E-state index contributed by atoms with van der Waals surface area (Å²) in [7, 11) is 2.16. The molecular weight excluding hydrogens is 292 g/mol. The second-order valence-electron chi connectivity index (χ2n) is 6.16. The summed E-state index contributed by atoms with van der Waals surface area (Å²) in [5, 5.41) is 0. The van der Waals surface area contributed by atoms with Gasteiger partial charge in [-0.15, -0.1) is 0 Å². The van der Waals surface area contributed by atoms with Gasteiger partial charge in [-0.05, 0) is 32.1 Å². The van der Waals surface area contributed by atoms with Crippen molar-refractivity contribution < 1.29 is 9.53 Å². The van der Waals surface area contributed by atoms with Crippen LogP contribution in [0.4, 0.5) is 0 Å². The summed E-state index contributed by atoms with van der Waals surface area (Å²) in [4.78, 5) is 21.3. The third-order valence-electron chi connectivity index (χ3n) is 4.43. The lowest BCUT2D eigenvalue weighted by Gasteiger charge is -2.32. The van der Waals surface area contributed by atoms with Gasteiger partial charge < -0.3 is 20.3 Å². The number of piperazine rings is 1. The van der Waals surface area contributed by atoms with Crippen molar-refractivity contribution in [2.75, 3.05) is 46.3 Å². The number of nitrogens with two attached hydrogens (primary N) is 1. The highest BCUT2D eigenvalue weighted by Crippen LogP contribution is 2.24. The second-order valence-corrected chi connectivity index (χ2v) is 6.16. The highest BCUT2D eigenvalue weighted by Gasteiger charge is 2.31. The van der Waals surface area contributed by atoms with E-state index in [1.807, 2.05) is 18.2 Å². The number of esters is 1. The fraction of sp³-hybridized carbons (Fsp3) is 0.529. The average molecular weight is 316 g/mol. The van der Waals surface area contributed by atoms with Gasteiger partial charge in [0.15, 0.2) is 0 Å². The lowest BCUT2D eigenvalue weighted by atomic mass is 10.00. The first-order valence-electron chi connectivity index (χ1n) is 8.17. The number of fused-ring (bicyclic) bond motifs is 1. The molecule has 2 aliphatic heterocycles. The van der Waals surface area contributed by atoms with Crippen molar-refractivity contribution in [2.45, 2.75) is 12.5 Å². The van der Waals surface area contributed by atoms with Crippen molar-refractivity contribution in [2.24, 2.45) is 10.7 Å². The summed E-state index contributed by atoms with van der Waals surface area (Å²) < 4.78 is 5.23. The Morgan fingerprint density at radius 3 is 2.78 bits per heavy atom. The molecule has 2 aliphatic rings. The maximum atomic E-state index is 11.8. The number of rotatable bonds is 4. The van der Waals surface area contributed by atoms with Crippen LogP contribution >= 0.6 is 0 Å². The van der Waals surface area contributed by atoms with Crippen LogP contribution in [0.15, 0.2) is 29.3 Å². The van der Waals surface area contributed by atoms with Crippen LogP contribution in [0.25, 0.3) is 0 Å². The van der Waals surface area contributed by atoms with Gasteiger partial charge in [0.05, 0.1) is 5.71 Å². The number of likely N-dealkylation sites (N-methyl/N-ethyl adjacent to an activating group) is 1. The molecule has 0 aromatic heterocycles. The number of ether oxygens (including phenoxy) is 1. The molecule has 0 amide bonds. The highest BCUT2D eigenvalue weighted by atomic mass is 16.5. The number of aliphatic imine (C=N–C) groups is 1. The van der Waals surface area contributed by atoms with Crippen LogP contribution in [0.3, 0.4) is 0 Å². The number of hydrogen-bond donors (Lipinski definition) is 1. The van der Waals surface area contributed by atoms with E-state index < -0.39 is 12.0 Å². The monoisotopic (exact) mass is 316 g/mol. The quantitative estimate of drug-likeness (QED) is 0.493. The molecule has 1 atom stereocenters. The van der Waals surface area contributed by atoms with Crippen LogP contribution in [-0.4, -0.2) is 73.8 Å². The van der Waals surface area contributed by atoms with Crippen molar-refractivity contribution in [3.05, 3.63) is 29.8 Å². The normalized spacial score (nSPS) is 24.5. The zero-order chi connectivity index (χ0) is 16.2. The average Bonchev–Trinajstić information content (AvgIpc) is 2.56. The van der Waals surface area contributed by atoms with Crippen molar-refractivity contribution in [1.29, 1.82) is 0 Å². The molecule has 124 valence electrons. The van der Waals surface area contributed by atoms with E-state index in [-0.39, 0.29) is 0 Å². The predicted molar refractivity (Wildman–Crippen MR) is 90.0 cm³/mol. The number of para-hydroxylation sites is 1. The second kappa shape index (κ2) is 7.21. The van der Waals surface area contributed by atoms with E-state index in [0.717, 1.165) is 44.7 Å². The topological polar surface area (TPSA) is 71.2 Å². The van der Waals surface area contributed by atoms with E-state index in [1.165, 1.54) is 0 Å². The Hall–Kier alpha value is -1.76. The summed E-state index contributed by atoms with van der Waals surface area (Å²) in [5.74, 6) is 0.124. The molecule has 6 nitrogen and oxygen atoms in total. The minimum Gasteiger partial charge on any atom is -0.424 e. The van der Waals surface area contributed by atoms with Gasteiger partial charge in [0.25, 0.3) is 0 Å². The fourth-order valence-corrected chi connectivity index (χ4v) is 2.97. The molecule has 3 rings (SSSR count). The smallest absolute Gasteiger partial charge is 0.334 e. The zero-order valence-electron chi connectivity index (χ0n) is 13.6. The molecule has 1 fully saturated rings. The number of benzene rings is 1. The summed E-state index contributed by atoms with van der Waals surface area (Å²) in [6.07, 6.45) is 0.969. The van der Waals surface area contributed by atoms with Gasteiger partial charge in [-0.3, -0.25) is 4.99 Å². The van der Waals surface area contributed by atoms with E-state index in [2.05, 4.69) is 21.8 Å². The molecule has 0 aliphatic carbocycles. The Kier molecular flexibility index (Phi) is 5.05. The molecule has 6 heteroatoms. The predicted octanol–water partition coefficient (Wildman–Crippen LogP) is 0.360. The summed E-state index contributed by atoms with van der Waals surface area (Å²) in [5.41, 5.74) is 7.44. The molecule has 0 radical (unpaired) electrons. The largest absolute Gasteiger partial charge is 0.424 e. The Labute approximate surface area is 136 Å². The van der Waals surface area contributed by atoms with Gasteiger partial charge in [0.2, 0.25) is 0 Å². The van der Waals surface area contributed by atoms with Crippen molar-refractivity contribution in [3.8, 4) is 5.75 Å². The van der Waals surface area contributed by atoms with Gasteiger partial charge in [-0.25, -0.2) is 4.79 Å². The lowest BCUT2D eigenvalue weighted by Crippen LogP contribution is -2.46. The van der Waals surface area contributed by atoms with E-state index in [4.69, 9.17) is 10.5 Å². The molecule has 1 aromatic carbocycles. The zero-order valence-corrected chi connectivity index (χ0v) is 13.6. The highest BCUT2D eigenvalue weighted by molar-refractivity contribution is 6.19. The lowest BCUT2D eigenvalue weighted by molar-refractivity contribution is -0.134. The molecule has 0 spiro atoms. The number of hydrogen-bond acceptors (Lipinski definition) is 6. The Morgan fingerprint density at radius 2 is 2.00 bits per heavy atom. The summed E-state index contributed by atoms with van der Waals surface area (Å²) >= 11 is 0. The molecule has 23 heavy (non-hydrogen) atoms. The molecule has 1 saturated heterocycles. The SMILES string of the molecule is CN1CCN(CCCN=C2c3ccccc3OC(=O)C2N)CC1. The summed E-state index contributed by atoms with van der Waals surface area (Å²) in [6.45, 7) is 6.18. The fourth-order valence-electron chi connectivity index (χ4n) is 2.97. The maximum absolute atomic E-state index is 11.8. The number of nitrogens with zero attached hydrogens (tertiary/aromatic N) is 3. The summed E-state index contributed by atoms with van der Waals surface area (Å²) in [6, 6.07) is 6.65. The minimum absolute atomic E-state index is 0.429. The molecule has 2 N–H and O–H groups in total. The van der Waals surface area contributed by atoms with Gasteiger partial charge in [-0.1, -0.05) is 12.1 Å². The molecule has 0 bridgehead atoms. The Morgan fingerprint density at radius 1 is 1.26 bits per heavy atom. The molecule has 2 heterocycles.